The first-order chi connectivity index (χ1) is 12.7. The molecule has 7 heteroatoms. The third kappa shape index (κ3) is 3.43. The lowest BCUT2D eigenvalue weighted by atomic mass is 10.2. The maximum Gasteiger partial charge on any atom is 0.251 e. The molecule has 26 heavy (non-hydrogen) atoms. The topological polar surface area (TPSA) is 70.2 Å². The van der Waals surface area contributed by atoms with Crippen molar-refractivity contribution in [2.45, 2.75) is 12.5 Å². The van der Waals surface area contributed by atoms with Gasteiger partial charge in [0.25, 0.3) is 5.91 Å². The Morgan fingerprint density at radius 2 is 2.19 bits per heavy atom. The van der Waals surface area contributed by atoms with Gasteiger partial charge in [-0.15, -0.1) is 11.3 Å². The molecule has 2 N–H and O–H groups in total. The fraction of sp³-hybridized carbons (Fsp3) is 0.263. The number of aromatic amines is 1. The molecule has 3 heterocycles. The summed E-state index contributed by atoms with van der Waals surface area (Å²) in [6, 6.07) is 13.4. The minimum atomic E-state index is -0.0548. The first-order valence-corrected chi connectivity index (χ1v) is 9.40. The molecule has 0 spiro atoms. The van der Waals surface area contributed by atoms with E-state index in [9.17, 15) is 4.79 Å². The SMILES string of the molecule is COc1ccc(C(=O)N[C@@H]2CCN(c3cc(-c4cccs4)[nH]n3)C2)cc1. The van der Waals surface area contributed by atoms with Crippen LogP contribution in [0.2, 0.25) is 0 Å². The lowest BCUT2D eigenvalue weighted by Gasteiger charge is -2.16. The standard InChI is InChI=1S/C19H20N4O2S/c1-25-15-6-4-13(5-7-15)19(24)20-14-8-9-23(12-14)18-11-16(21-22-18)17-3-2-10-26-17/h2-7,10-11,14H,8-9,12H2,1H3,(H,20,24)(H,21,22)/t14-/m1/s1. The number of anilines is 1. The van der Waals surface area contributed by atoms with Gasteiger partial charge in [0.1, 0.15) is 5.75 Å². The summed E-state index contributed by atoms with van der Waals surface area (Å²) in [7, 11) is 1.61. The first-order valence-electron chi connectivity index (χ1n) is 8.52. The predicted molar refractivity (Wildman–Crippen MR) is 103 cm³/mol. The van der Waals surface area contributed by atoms with Gasteiger partial charge in [-0.2, -0.15) is 5.10 Å². The third-order valence-electron chi connectivity index (χ3n) is 4.55. The van der Waals surface area contributed by atoms with E-state index in [2.05, 4.69) is 37.9 Å². The number of benzene rings is 1. The summed E-state index contributed by atoms with van der Waals surface area (Å²) in [4.78, 5) is 15.8. The Morgan fingerprint density at radius 3 is 2.92 bits per heavy atom. The molecule has 0 bridgehead atoms. The van der Waals surface area contributed by atoms with Crippen LogP contribution < -0.4 is 15.0 Å². The van der Waals surface area contributed by atoms with E-state index in [0.29, 0.717) is 5.56 Å². The zero-order chi connectivity index (χ0) is 17.9. The Morgan fingerprint density at radius 1 is 1.35 bits per heavy atom. The van der Waals surface area contributed by atoms with Crippen molar-refractivity contribution in [3.8, 4) is 16.3 Å². The van der Waals surface area contributed by atoms with Crippen LogP contribution in [0.4, 0.5) is 5.82 Å². The number of rotatable bonds is 5. The molecule has 1 saturated heterocycles. The van der Waals surface area contributed by atoms with Gasteiger partial charge in [-0.05, 0) is 42.1 Å². The lowest BCUT2D eigenvalue weighted by molar-refractivity contribution is 0.0940. The molecule has 0 radical (unpaired) electrons. The van der Waals surface area contributed by atoms with E-state index in [1.165, 1.54) is 4.88 Å². The molecule has 1 aliphatic heterocycles. The molecular formula is C19H20N4O2S. The van der Waals surface area contributed by atoms with Crippen molar-refractivity contribution in [3.63, 3.8) is 0 Å². The zero-order valence-corrected chi connectivity index (χ0v) is 15.3. The van der Waals surface area contributed by atoms with E-state index in [-0.39, 0.29) is 11.9 Å². The Kier molecular flexibility index (Phi) is 4.62. The number of hydrogen-bond acceptors (Lipinski definition) is 5. The van der Waals surface area contributed by atoms with Crippen LogP contribution in [0.3, 0.4) is 0 Å². The van der Waals surface area contributed by atoms with E-state index in [0.717, 1.165) is 36.8 Å². The minimum Gasteiger partial charge on any atom is -0.497 e. The minimum absolute atomic E-state index is 0.0548. The molecule has 3 aromatic rings. The summed E-state index contributed by atoms with van der Waals surface area (Å²) in [6.07, 6.45) is 0.906. The van der Waals surface area contributed by atoms with Crippen molar-refractivity contribution < 1.29 is 9.53 Å². The average molecular weight is 368 g/mol. The van der Waals surface area contributed by atoms with Gasteiger partial charge in [-0.1, -0.05) is 6.07 Å². The molecule has 4 rings (SSSR count). The Balaban J connectivity index is 1.37. The van der Waals surface area contributed by atoms with Gasteiger partial charge in [-0.25, -0.2) is 0 Å². The lowest BCUT2D eigenvalue weighted by Crippen LogP contribution is -2.37. The second kappa shape index (κ2) is 7.21. The van der Waals surface area contributed by atoms with E-state index < -0.39 is 0 Å². The summed E-state index contributed by atoms with van der Waals surface area (Å²) < 4.78 is 5.13. The molecule has 0 saturated carbocycles. The molecular weight excluding hydrogens is 348 g/mol. The van der Waals surface area contributed by atoms with E-state index in [1.807, 2.05) is 6.07 Å². The molecule has 1 atom stereocenters. The van der Waals surface area contributed by atoms with Crippen molar-refractivity contribution in [1.82, 2.24) is 15.5 Å². The quantitative estimate of drug-likeness (QED) is 0.726. The van der Waals surface area contributed by atoms with Crippen LogP contribution in [0.5, 0.6) is 5.75 Å². The number of hydrogen-bond donors (Lipinski definition) is 2. The van der Waals surface area contributed by atoms with E-state index in [1.54, 1.807) is 42.7 Å². The molecule has 1 aliphatic rings. The van der Waals surface area contributed by atoms with Gasteiger partial charge < -0.3 is 15.0 Å². The van der Waals surface area contributed by atoms with Crippen molar-refractivity contribution in [2.24, 2.45) is 0 Å². The molecule has 1 aromatic carbocycles. The molecule has 6 nitrogen and oxygen atoms in total. The maximum atomic E-state index is 12.4. The van der Waals surface area contributed by atoms with Crippen molar-refractivity contribution in [2.75, 3.05) is 25.1 Å². The van der Waals surface area contributed by atoms with Crippen LogP contribution in [0.15, 0.2) is 47.8 Å². The summed E-state index contributed by atoms with van der Waals surface area (Å²) >= 11 is 1.69. The van der Waals surface area contributed by atoms with Gasteiger partial charge in [-0.3, -0.25) is 9.89 Å². The molecule has 0 unspecified atom stereocenters. The number of methoxy groups -OCH3 is 1. The number of ether oxygens (including phenoxy) is 1. The van der Waals surface area contributed by atoms with Crippen LogP contribution in [-0.2, 0) is 0 Å². The molecule has 1 fully saturated rings. The van der Waals surface area contributed by atoms with Crippen LogP contribution in [0.1, 0.15) is 16.8 Å². The van der Waals surface area contributed by atoms with Crippen molar-refractivity contribution in [1.29, 1.82) is 0 Å². The number of aromatic nitrogens is 2. The van der Waals surface area contributed by atoms with Gasteiger partial charge in [0.2, 0.25) is 0 Å². The molecule has 0 aliphatic carbocycles. The number of carbonyl (C=O) groups is 1. The Bertz CT molecular complexity index is 873. The summed E-state index contributed by atoms with van der Waals surface area (Å²) in [5, 5.41) is 12.7. The third-order valence-corrected chi connectivity index (χ3v) is 5.45. The summed E-state index contributed by atoms with van der Waals surface area (Å²) in [5.74, 6) is 1.61. The van der Waals surface area contributed by atoms with E-state index in [4.69, 9.17) is 4.74 Å². The molecule has 134 valence electrons. The molecule has 2 aromatic heterocycles. The van der Waals surface area contributed by atoms with Gasteiger partial charge >= 0.3 is 0 Å². The Hall–Kier alpha value is -2.80. The van der Waals surface area contributed by atoms with Gasteiger partial charge in [0.15, 0.2) is 5.82 Å². The van der Waals surface area contributed by atoms with Crippen LogP contribution in [-0.4, -0.2) is 42.3 Å². The number of H-pyrrole nitrogens is 1. The smallest absolute Gasteiger partial charge is 0.251 e. The highest BCUT2D eigenvalue weighted by molar-refractivity contribution is 7.13. The predicted octanol–water partition coefficient (Wildman–Crippen LogP) is 3.16. The number of thiophene rings is 1. The highest BCUT2D eigenvalue weighted by atomic mass is 32.1. The highest BCUT2D eigenvalue weighted by Gasteiger charge is 2.26. The largest absolute Gasteiger partial charge is 0.497 e. The van der Waals surface area contributed by atoms with E-state index >= 15 is 0 Å². The fourth-order valence-corrected chi connectivity index (χ4v) is 3.82. The van der Waals surface area contributed by atoms with Gasteiger partial charge in [0.05, 0.1) is 17.7 Å². The first kappa shape index (κ1) is 16.7. The van der Waals surface area contributed by atoms with Crippen LogP contribution in [0.25, 0.3) is 10.6 Å². The number of amides is 1. The zero-order valence-electron chi connectivity index (χ0n) is 14.4. The number of nitrogens with one attached hydrogen (secondary N) is 2. The van der Waals surface area contributed by atoms with Crippen molar-refractivity contribution in [3.05, 3.63) is 53.4 Å². The summed E-state index contributed by atoms with van der Waals surface area (Å²) in [5.41, 5.74) is 1.67. The monoisotopic (exact) mass is 368 g/mol. The fourth-order valence-electron chi connectivity index (χ4n) is 3.13. The van der Waals surface area contributed by atoms with Gasteiger partial charge in [0, 0.05) is 30.8 Å². The maximum absolute atomic E-state index is 12.4. The number of nitrogens with zero attached hydrogens (tertiary/aromatic N) is 2. The second-order valence-electron chi connectivity index (χ2n) is 6.25. The average Bonchev–Trinajstić information content (AvgIpc) is 3.41. The highest BCUT2D eigenvalue weighted by Crippen LogP contribution is 2.27. The van der Waals surface area contributed by atoms with Crippen molar-refractivity contribution >= 4 is 23.1 Å². The van der Waals surface area contributed by atoms with Crippen LogP contribution in [0, 0.1) is 0 Å². The Labute approximate surface area is 155 Å². The second-order valence-corrected chi connectivity index (χ2v) is 7.20. The normalized spacial score (nSPS) is 16.7. The molecule has 1 amide bonds. The number of carbonyl (C=O) groups excluding carboxylic acids is 1. The summed E-state index contributed by atoms with van der Waals surface area (Å²) in [6.45, 7) is 1.64. The van der Waals surface area contributed by atoms with Crippen LogP contribution >= 0.6 is 11.3 Å².